The average molecular weight is 384 g/mol. The molecule has 3 heterocycles. The van der Waals surface area contributed by atoms with E-state index in [1.165, 1.54) is 12.1 Å². The molecule has 2 aromatic carbocycles. The van der Waals surface area contributed by atoms with Crippen molar-refractivity contribution in [2.45, 2.75) is 12.6 Å². The van der Waals surface area contributed by atoms with Crippen LogP contribution in [-0.4, -0.2) is 26.0 Å². The molecule has 0 spiro atoms. The van der Waals surface area contributed by atoms with Gasteiger partial charge in [-0.15, -0.1) is 0 Å². The van der Waals surface area contributed by atoms with Crippen molar-refractivity contribution in [3.05, 3.63) is 107 Å². The predicted molar refractivity (Wildman–Crippen MR) is 106 cm³/mol. The van der Waals surface area contributed by atoms with Gasteiger partial charge in [0.25, 0.3) is 5.91 Å². The molecule has 142 valence electrons. The van der Waals surface area contributed by atoms with Crippen LogP contribution in [0.5, 0.6) is 0 Å². The first-order valence-corrected chi connectivity index (χ1v) is 9.31. The minimum Gasteiger partial charge on any atom is -0.322 e. The molecule has 1 amide bonds. The summed E-state index contributed by atoms with van der Waals surface area (Å²) in [6, 6.07) is 19.4. The van der Waals surface area contributed by atoms with E-state index in [1.54, 1.807) is 23.4 Å². The van der Waals surface area contributed by atoms with Crippen molar-refractivity contribution in [1.82, 2.24) is 20.1 Å². The van der Waals surface area contributed by atoms with Crippen molar-refractivity contribution >= 4 is 5.91 Å². The molecule has 29 heavy (non-hydrogen) atoms. The molecule has 0 bridgehead atoms. The normalized spacial score (nSPS) is 15.6. The van der Waals surface area contributed by atoms with Crippen molar-refractivity contribution in [3.63, 3.8) is 0 Å². The van der Waals surface area contributed by atoms with Crippen LogP contribution in [0, 0.1) is 5.82 Å². The maximum atomic E-state index is 14.1. The van der Waals surface area contributed by atoms with E-state index in [4.69, 9.17) is 0 Å². The van der Waals surface area contributed by atoms with Gasteiger partial charge in [-0.2, -0.15) is 5.10 Å². The molecular formula is C23H17FN4O. The van der Waals surface area contributed by atoms with Crippen LogP contribution in [0.3, 0.4) is 0 Å². The molecule has 1 atom stereocenters. The van der Waals surface area contributed by atoms with Gasteiger partial charge in [0.1, 0.15) is 11.5 Å². The lowest BCUT2D eigenvalue weighted by molar-refractivity contribution is 0.0729. The van der Waals surface area contributed by atoms with Crippen LogP contribution >= 0.6 is 0 Å². The van der Waals surface area contributed by atoms with E-state index in [2.05, 4.69) is 15.2 Å². The van der Waals surface area contributed by atoms with Gasteiger partial charge in [-0.05, 0) is 35.4 Å². The highest BCUT2D eigenvalue weighted by Crippen LogP contribution is 2.43. The molecule has 1 aliphatic heterocycles. The van der Waals surface area contributed by atoms with Gasteiger partial charge in [0.05, 0.1) is 11.7 Å². The molecular weight excluding hydrogens is 367 g/mol. The lowest BCUT2D eigenvalue weighted by Gasteiger charge is -2.26. The Kier molecular flexibility index (Phi) is 4.17. The number of carbonyl (C=O) groups is 1. The molecule has 1 unspecified atom stereocenters. The number of fused-ring (bicyclic) bond motifs is 1. The molecule has 0 saturated carbocycles. The molecule has 4 aromatic rings. The van der Waals surface area contributed by atoms with Crippen molar-refractivity contribution < 1.29 is 9.18 Å². The van der Waals surface area contributed by atoms with Crippen LogP contribution in [0.2, 0.25) is 0 Å². The summed E-state index contributed by atoms with van der Waals surface area (Å²) < 4.78 is 14.1. The number of aromatic nitrogens is 3. The third kappa shape index (κ3) is 2.99. The molecule has 1 aliphatic rings. The van der Waals surface area contributed by atoms with Gasteiger partial charge in [-0.1, -0.05) is 42.5 Å². The number of pyridine rings is 1. The molecule has 2 aromatic heterocycles. The van der Waals surface area contributed by atoms with Gasteiger partial charge in [0.15, 0.2) is 0 Å². The first-order valence-electron chi connectivity index (χ1n) is 9.31. The Balaban J connectivity index is 1.66. The van der Waals surface area contributed by atoms with Gasteiger partial charge >= 0.3 is 0 Å². The number of hydrogen-bond acceptors (Lipinski definition) is 3. The summed E-state index contributed by atoms with van der Waals surface area (Å²) >= 11 is 0. The first kappa shape index (κ1) is 17.3. The molecule has 0 aliphatic carbocycles. The van der Waals surface area contributed by atoms with Gasteiger partial charge in [-0.25, -0.2) is 4.39 Å². The lowest BCUT2D eigenvalue weighted by atomic mass is 9.96. The number of hydrogen-bond donors (Lipinski definition) is 1. The molecule has 6 heteroatoms. The maximum absolute atomic E-state index is 14.1. The fourth-order valence-electron chi connectivity index (χ4n) is 3.88. The SMILES string of the molecule is O=C1c2[nH]nc(-c3ccccc3)c2C(c2cccc(F)c2)N1Cc1ccncc1. The number of amides is 1. The Morgan fingerprint density at radius 1 is 1.00 bits per heavy atom. The molecule has 0 saturated heterocycles. The van der Waals surface area contributed by atoms with E-state index >= 15 is 0 Å². The van der Waals surface area contributed by atoms with Crippen molar-refractivity contribution in [1.29, 1.82) is 0 Å². The number of rotatable bonds is 4. The topological polar surface area (TPSA) is 61.9 Å². The van der Waals surface area contributed by atoms with Crippen molar-refractivity contribution in [2.75, 3.05) is 0 Å². The Hall–Kier alpha value is -3.80. The van der Waals surface area contributed by atoms with Gasteiger partial charge in [0.2, 0.25) is 0 Å². The highest BCUT2D eigenvalue weighted by molar-refractivity contribution is 6.00. The average Bonchev–Trinajstić information content (AvgIpc) is 3.29. The second kappa shape index (κ2) is 6.98. The molecule has 0 radical (unpaired) electrons. The van der Waals surface area contributed by atoms with Crippen LogP contribution in [0.15, 0.2) is 79.1 Å². The Morgan fingerprint density at radius 3 is 2.55 bits per heavy atom. The standard InChI is InChI=1S/C23H17FN4O/c24-18-8-4-7-17(13-18)22-19-20(16-5-2-1-3-6-16)26-27-21(19)23(29)28(22)14-15-9-11-25-12-10-15/h1-13,22H,14H2,(H,26,27). The summed E-state index contributed by atoms with van der Waals surface area (Å²) in [4.78, 5) is 19.1. The van der Waals surface area contributed by atoms with E-state index in [9.17, 15) is 9.18 Å². The largest absolute Gasteiger partial charge is 0.322 e. The zero-order chi connectivity index (χ0) is 19.8. The van der Waals surface area contributed by atoms with E-state index in [-0.39, 0.29) is 11.7 Å². The summed E-state index contributed by atoms with van der Waals surface area (Å²) in [6.07, 6.45) is 3.40. The summed E-state index contributed by atoms with van der Waals surface area (Å²) in [5.41, 5.74) is 4.51. The highest BCUT2D eigenvalue weighted by Gasteiger charge is 2.42. The predicted octanol–water partition coefficient (Wildman–Crippen LogP) is 4.36. The summed E-state index contributed by atoms with van der Waals surface area (Å²) in [5, 5.41) is 7.34. The summed E-state index contributed by atoms with van der Waals surface area (Å²) in [6.45, 7) is 0.388. The Morgan fingerprint density at radius 2 is 1.79 bits per heavy atom. The van der Waals surface area contributed by atoms with Crippen molar-refractivity contribution in [3.8, 4) is 11.3 Å². The molecule has 0 fully saturated rings. The van der Waals surface area contributed by atoms with Crippen molar-refractivity contribution in [2.24, 2.45) is 0 Å². The van der Waals surface area contributed by atoms with Gasteiger partial charge in [0, 0.05) is 30.1 Å². The number of H-pyrrole nitrogens is 1. The zero-order valence-electron chi connectivity index (χ0n) is 15.4. The van der Waals surface area contributed by atoms with E-state index in [0.717, 1.165) is 16.7 Å². The zero-order valence-corrected chi connectivity index (χ0v) is 15.4. The summed E-state index contributed by atoms with van der Waals surface area (Å²) in [5.74, 6) is -0.488. The Bertz CT molecular complexity index is 1170. The highest BCUT2D eigenvalue weighted by atomic mass is 19.1. The first-order chi connectivity index (χ1) is 14.2. The smallest absolute Gasteiger partial charge is 0.273 e. The molecule has 5 nitrogen and oxygen atoms in total. The number of nitrogens with one attached hydrogen (secondary N) is 1. The number of benzene rings is 2. The number of carbonyl (C=O) groups excluding carboxylic acids is 1. The van der Waals surface area contributed by atoms with Gasteiger partial charge < -0.3 is 4.90 Å². The van der Waals surface area contributed by atoms with E-state index < -0.39 is 6.04 Å². The van der Waals surface area contributed by atoms with E-state index in [0.29, 0.717) is 23.5 Å². The van der Waals surface area contributed by atoms with Crippen LogP contribution < -0.4 is 0 Å². The number of nitrogens with zero attached hydrogens (tertiary/aromatic N) is 3. The minimum absolute atomic E-state index is 0.152. The van der Waals surface area contributed by atoms with Crippen LogP contribution in [0.1, 0.15) is 33.2 Å². The quantitative estimate of drug-likeness (QED) is 0.569. The third-order valence-electron chi connectivity index (χ3n) is 5.18. The number of aromatic amines is 1. The van der Waals surface area contributed by atoms with Crippen LogP contribution in [0.25, 0.3) is 11.3 Å². The monoisotopic (exact) mass is 384 g/mol. The lowest BCUT2D eigenvalue weighted by Crippen LogP contribution is -2.29. The molecule has 5 rings (SSSR count). The summed E-state index contributed by atoms with van der Waals surface area (Å²) in [7, 11) is 0. The Labute approximate surface area is 166 Å². The van der Waals surface area contributed by atoms with Crippen LogP contribution in [0.4, 0.5) is 4.39 Å². The third-order valence-corrected chi connectivity index (χ3v) is 5.18. The molecule has 1 N–H and O–H groups in total. The van der Waals surface area contributed by atoms with Gasteiger partial charge in [-0.3, -0.25) is 14.9 Å². The number of halogens is 1. The fraction of sp³-hybridized carbons (Fsp3) is 0.0870. The maximum Gasteiger partial charge on any atom is 0.273 e. The van der Waals surface area contributed by atoms with Crippen LogP contribution in [-0.2, 0) is 6.54 Å². The second-order valence-corrected chi connectivity index (χ2v) is 6.97. The fourth-order valence-corrected chi connectivity index (χ4v) is 3.88. The second-order valence-electron chi connectivity index (χ2n) is 6.97. The van der Waals surface area contributed by atoms with E-state index in [1.807, 2.05) is 48.5 Å². The minimum atomic E-state index is -0.435.